The summed E-state index contributed by atoms with van der Waals surface area (Å²) in [5, 5.41) is 0. The topological polar surface area (TPSA) is 124 Å². The summed E-state index contributed by atoms with van der Waals surface area (Å²) in [5.74, 6) is -1.58. The van der Waals surface area contributed by atoms with Gasteiger partial charge in [-0.25, -0.2) is 9.59 Å². The number of esters is 4. The molecule has 0 bridgehead atoms. The molecule has 1 saturated carbocycles. The summed E-state index contributed by atoms with van der Waals surface area (Å²) in [7, 11) is 0. The van der Waals surface area contributed by atoms with Crippen LogP contribution in [-0.2, 0) is 34.1 Å². The molecular weight excluding hydrogens is 544 g/mol. The molecule has 0 amide bonds. The first-order chi connectivity index (χ1) is 19.9. The molecule has 0 radical (unpaired) electrons. The maximum absolute atomic E-state index is 13.4. The Morgan fingerprint density at radius 3 is 1.88 bits per heavy atom. The van der Waals surface area contributed by atoms with Gasteiger partial charge >= 0.3 is 23.9 Å². The van der Waals surface area contributed by atoms with E-state index in [1.54, 1.807) is 45.0 Å². The van der Waals surface area contributed by atoms with Gasteiger partial charge in [0, 0.05) is 45.7 Å². The third-order valence-electron chi connectivity index (χ3n) is 8.18. The summed E-state index contributed by atoms with van der Waals surface area (Å²) in [4.78, 5) is 49.9. The van der Waals surface area contributed by atoms with Gasteiger partial charge in [-0.15, -0.1) is 0 Å². The first-order valence-corrected chi connectivity index (χ1v) is 13.5. The number of benzene rings is 2. The fourth-order valence-corrected chi connectivity index (χ4v) is 6.43. The summed E-state index contributed by atoms with van der Waals surface area (Å²) >= 11 is 0. The molecule has 2 heterocycles. The van der Waals surface area contributed by atoms with Gasteiger partial charge in [0.2, 0.25) is 0 Å². The van der Waals surface area contributed by atoms with Crippen molar-refractivity contribution < 1.29 is 47.6 Å². The highest BCUT2D eigenvalue weighted by molar-refractivity contribution is 5.96. The predicted octanol–water partition coefficient (Wildman–Crippen LogP) is 4.20. The second kappa shape index (κ2) is 10.7. The highest BCUT2D eigenvalue weighted by Gasteiger charge is 2.77. The van der Waals surface area contributed by atoms with Crippen molar-refractivity contribution in [2.45, 2.75) is 39.0 Å². The van der Waals surface area contributed by atoms with Crippen LogP contribution in [0.2, 0.25) is 0 Å². The Morgan fingerprint density at radius 1 is 0.762 bits per heavy atom. The lowest BCUT2D eigenvalue weighted by molar-refractivity contribution is -0.192. The van der Waals surface area contributed by atoms with E-state index in [9.17, 15) is 19.2 Å². The molecule has 0 spiro atoms. The molecule has 0 N–H and O–H groups in total. The lowest BCUT2D eigenvalue weighted by Crippen LogP contribution is -2.72. The van der Waals surface area contributed by atoms with Gasteiger partial charge in [-0.3, -0.25) is 9.59 Å². The summed E-state index contributed by atoms with van der Waals surface area (Å²) in [6.07, 6.45) is 0. The molecule has 4 unspecified atom stereocenters. The first kappa shape index (κ1) is 28.9. The van der Waals surface area contributed by atoms with Crippen LogP contribution in [0.1, 0.15) is 44.7 Å². The fraction of sp³-hybridized carbons (Fsp3) is 0.375. The number of rotatable bonds is 10. The number of carbonyl (C=O) groups is 4. The molecule has 42 heavy (non-hydrogen) atoms. The maximum Gasteiger partial charge on any atom is 0.333 e. The maximum atomic E-state index is 13.4. The van der Waals surface area contributed by atoms with E-state index in [2.05, 4.69) is 13.2 Å². The van der Waals surface area contributed by atoms with Crippen molar-refractivity contribution >= 4 is 23.9 Å². The molecular formula is C32H32O10. The minimum absolute atomic E-state index is 0.0347. The zero-order chi connectivity index (χ0) is 30.4. The molecule has 1 fully saturated rings. The van der Waals surface area contributed by atoms with Crippen LogP contribution < -0.4 is 18.9 Å². The molecule has 220 valence electrons. The molecule has 1 aliphatic carbocycles. The van der Waals surface area contributed by atoms with Crippen LogP contribution in [0.15, 0.2) is 60.7 Å². The van der Waals surface area contributed by atoms with Crippen molar-refractivity contribution in [2.24, 2.45) is 11.3 Å². The number of ether oxygens (including phenoxy) is 6. The van der Waals surface area contributed by atoms with E-state index in [0.29, 0.717) is 34.1 Å². The molecule has 10 heteroatoms. The molecule has 0 saturated heterocycles. The third-order valence-corrected chi connectivity index (χ3v) is 8.18. The highest BCUT2D eigenvalue weighted by Crippen LogP contribution is 2.74. The minimum atomic E-state index is -1.13. The molecule has 5 rings (SSSR count). The number of fused-ring (bicyclic) bond motifs is 8. The summed E-state index contributed by atoms with van der Waals surface area (Å²) in [5.41, 5.74) is 0.252. The monoisotopic (exact) mass is 576 g/mol. The van der Waals surface area contributed by atoms with E-state index in [-0.39, 0.29) is 32.3 Å². The van der Waals surface area contributed by atoms with Gasteiger partial charge in [-0.1, -0.05) is 32.2 Å². The van der Waals surface area contributed by atoms with Gasteiger partial charge in [0.25, 0.3) is 0 Å². The van der Waals surface area contributed by atoms with Crippen molar-refractivity contribution in [3.63, 3.8) is 0 Å². The van der Waals surface area contributed by atoms with Crippen LogP contribution in [-0.4, -0.2) is 50.3 Å². The van der Waals surface area contributed by atoms with Gasteiger partial charge in [0.1, 0.15) is 49.4 Å². The smallest absolute Gasteiger partial charge is 0.333 e. The van der Waals surface area contributed by atoms with Gasteiger partial charge < -0.3 is 28.4 Å². The summed E-state index contributed by atoms with van der Waals surface area (Å²) in [6.45, 7) is 14.2. The average molecular weight is 577 g/mol. The summed E-state index contributed by atoms with van der Waals surface area (Å²) < 4.78 is 33.0. The molecule has 2 aromatic rings. The van der Waals surface area contributed by atoms with E-state index >= 15 is 0 Å². The minimum Gasteiger partial charge on any atom is -0.490 e. The van der Waals surface area contributed by atoms with Crippen LogP contribution >= 0.6 is 0 Å². The molecule has 10 nitrogen and oxygen atoms in total. The Bertz CT molecular complexity index is 1520. The van der Waals surface area contributed by atoms with E-state index in [0.717, 1.165) is 11.1 Å². The van der Waals surface area contributed by atoms with Gasteiger partial charge in [-0.05, 0) is 32.9 Å². The Hall–Kier alpha value is -4.60. The molecule has 2 aliphatic heterocycles. The van der Waals surface area contributed by atoms with E-state index in [1.807, 2.05) is 19.1 Å². The quantitative estimate of drug-likeness (QED) is 0.176. The number of hydrogen-bond donors (Lipinski definition) is 0. The van der Waals surface area contributed by atoms with Crippen molar-refractivity contribution in [1.82, 2.24) is 0 Å². The van der Waals surface area contributed by atoms with Crippen LogP contribution in [0, 0.1) is 11.3 Å². The first-order valence-electron chi connectivity index (χ1n) is 13.5. The second-order valence-corrected chi connectivity index (χ2v) is 11.1. The van der Waals surface area contributed by atoms with E-state index < -0.39 is 40.6 Å². The molecule has 2 aromatic carbocycles. The van der Waals surface area contributed by atoms with Crippen LogP contribution in [0.3, 0.4) is 0 Å². The SMILES string of the molecule is C=C(C)C(=O)OCCOc1ccc2c(c1)OC(=O)C1(C)C3C(=O)Oc4cc(OCCOC(=O)C(=C)C)ccc4C3(C)C21. The number of hydrogen-bond acceptors (Lipinski definition) is 10. The predicted molar refractivity (Wildman–Crippen MR) is 148 cm³/mol. The van der Waals surface area contributed by atoms with Crippen molar-refractivity contribution in [3.8, 4) is 23.0 Å². The number of carbonyl (C=O) groups excluding carboxylic acids is 4. The zero-order valence-corrected chi connectivity index (χ0v) is 23.9. The van der Waals surface area contributed by atoms with E-state index in [1.165, 1.54) is 0 Å². The lowest BCUT2D eigenvalue weighted by Gasteiger charge is -2.66. The van der Waals surface area contributed by atoms with Crippen molar-refractivity contribution in [1.29, 1.82) is 0 Å². The Labute approximate surface area is 243 Å². The average Bonchev–Trinajstić information content (AvgIpc) is 2.93. The third kappa shape index (κ3) is 4.60. The second-order valence-electron chi connectivity index (χ2n) is 11.1. The van der Waals surface area contributed by atoms with Gasteiger partial charge in [-0.2, -0.15) is 0 Å². The highest BCUT2D eigenvalue weighted by atomic mass is 16.6. The Kier molecular flexibility index (Phi) is 7.34. The molecule has 4 atom stereocenters. The van der Waals surface area contributed by atoms with Gasteiger partial charge in [0.05, 0.1) is 11.3 Å². The van der Waals surface area contributed by atoms with Crippen molar-refractivity contribution in [3.05, 3.63) is 71.8 Å². The fourth-order valence-electron chi connectivity index (χ4n) is 6.43. The van der Waals surface area contributed by atoms with Crippen molar-refractivity contribution in [2.75, 3.05) is 26.4 Å². The van der Waals surface area contributed by atoms with Crippen LogP contribution in [0.4, 0.5) is 0 Å². The molecule has 3 aliphatic rings. The summed E-state index contributed by atoms with van der Waals surface area (Å²) in [6, 6.07) is 10.5. The normalized spacial score (nSPS) is 24.7. The van der Waals surface area contributed by atoms with Crippen LogP contribution in [0.5, 0.6) is 23.0 Å². The Morgan fingerprint density at radius 2 is 1.31 bits per heavy atom. The Balaban J connectivity index is 1.36. The standard InChI is InChI=1S/C32H32O10/c1-17(2)27(33)39-13-11-37-19-7-9-21-23(15-19)42-30(36)32(6)25(21)31(5)22-10-8-20(16-24(22)41-29(35)26(31)32)38-12-14-40-28(34)18(3)4/h7-10,15-16,25-26H,1,3,11-14H2,2,4-6H3. The van der Waals surface area contributed by atoms with Gasteiger partial charge in [0.15, 0.2) is 0 Å². The largest absolute Gasteiger partial charge is 0.490 e. The van der Waals surface area contributed by atoms with Crippen LogP contribution in [0.25, 0.3) is 0 Å². The molecule has 0 aromatic heterocycles. The van der Waals surface area contributed by atoms with E-state index in [4.69, 9.17) is 28.4 Å². The lowest BCUT2D eigenvalue weighted by atomic mass is 9.36. The zero-order valence-electron chi connectivity index (χ0n) is 23.9.